The highest BCUT2D eigenvalue weighted by atomic mass is 16.1. The molecule has 0 bridgehead atoms. The Morgan fingerprint density at radius 1 is 0.750 bits per heavy atom. The first kappa shape index (κ1) is 23.2. The van der Waals surface area contributed by atoms with E-state index < -0.39 is 0 Å². The first-order valence-corrected chi connectivity index (χ1v) is 6.86. The van der Waals surface area contributed by atoms with Crippen LogP contribution in [0.15, 0.2) is 4.99 Å². The van der Waals surface area contributed by atoms with E-state index in [-0.39, 0.29) is 0 Å². The molecule has 0 unspecified atom stereocenters. The average molecular weight is 283 g/mol. The van der Waals surface area contributed by atoms with Gasteiger partial charge in [-0.25, -0.2) is 30.2 Å². The predicted octanol–water partition coefficient (Wildman–Crippen LogP) is 3.65. The van der Waals surface area contributed by atoms with Crippen LogP contribution in [0.3, 0.4) is 0 Å². The van der Waals surface area contributed by atoms with Gasteiger partial charge in [0.2, 0.25) is 18.2 Å². The summed E-state index contributed by atoms with van der Waals surface area (Å²) in [5.74, 6) is 0. The van der Waals surface area contributed by atoms with E-state index in [0.717, 1.165) is 18.6 Å². The second-order valence-electron chi connectivity index (χ2n) is 4.01. The van der Waals surface area contributed by atoms with Crippen molar-refractivity contribution >= 4 is 18.2 Å². The lowest BCUT2D eigenvalue weighted by molar-refractivity contribution is 0.555. The number of carbonyl (C=O) groups excluding carboxylic acids is 3. The van der Waals surface area contributed by atoms with E-state index in [1.54, 1.807) is 6.08 Å². The number of isocyanates is 3. The third-order valence-electron chi connectivity index (χ3n) is 2.44. The van der Waals surface area contributed by atoms with Gasteiger partial charge >= 0.3 is 0 Å². The number of hydrogen-bond acceptors (Lipinski definition) is 6. The maximum absolute atomic E-state index is 9.75. The Kier molecular flexibility index (Phi) is 35.2. The van der Waals surface area contributed by atoms with Crippen LogP contribution in [0, 0.1) is 10.8 Å². The van der Waals surface area contributed by atoms with Crippen LogP contribution >= 0.6 is 0 Å². The van der Waals surface area contributed by atoms with Crippen LogP contribution in [0.1, 0.15) is 64.7 Å². The quantitative estimate of drug-likeness (QED) is 0.362. The number of aliphatic imine (C=N–C) groups is 1. The molecule has 0 aromatic carbocycles. The molecule has 0 amide bonds. The lowest BCUT2D eigenvalue weighted by Gasteiger charge is -1.99. The summed E-state index contributed by atoms with van der Waals surface area (Å²) in [6.45, 7) is 2.91. The molecule has 0 saturated carbocycles. The van der Waals surface area contributed by atoms with Crippen LogP contribution in [0.5, 0.6) is 0 Å². The standard InChI is InChI=1S/C12H23NO.2CHNO/c1-2-3-4-5-6-7-8-9-10-11-13-12-14;2*2-1-3/h2-11H2,1H3;2*2H. The maximum atomic E-state index is 9.75. The molecule has 0 heterocycles. The van der Waals surface area contributed by atoms with E-state index in [1.165, 1.54) is 51.4 Å². The Morgan fingerprint density at radius 2 is 1.10 bits per heavy atom. The summed E-state index contributed by atoms with van der Waals surface area (Å²) < 4.78 is 0. The van der Waals surface area contributed by atoms with E-state index in [0.29, 0.717) is 6.54 Å². The fraction of sp³-hybridized carbons (Fsp3) is 0.786. The van der Waals surface area contributed by atoms with Gasteiger partial charge in [-0.3, -0.25) is 0 Å². The number of unbranched alkanes of at least 4 members (excludes halogenated alkanes) is 8. The Labute approximate surface area is 120 Å². The van der Waals surface area contributed by atoms with Crippen molar-refractivity contribution in [1.29, 1.82) is 10.8 Å². The number of nitrogens with zero attached hydrogens (tertiary/aromatic N) is 1. The second-order valence-corrected chi connectivity index (χ2v) is 4.01. The topological polar surface area (TPSA) is 111 Å². The van der Waals surface area contributed by atoms with Gasteiger partial charge in [-0.15, -0.1) is 0 Å². The molecule has 6 nitrogen and oxygen atoms in total. The zero-order valence-electron chi connectivity index (χ0n) is 12.2. The van der Waals surface area contributed by atoms with Crippen LogP contribution in [-0.4, -0.2) is 24.8 Å². The molecular formula is C14H25N3O3. The lowest BCUT2D eigenvalue weighted by Crippen LogP contribution is -1.83. The molecule has 0 spiro atoms. The van der Waals surface area contributed by atoms with Crippen molar-refractivity contribution in [2.24, 2.45) is 4.99 Å². The second kappa shape index (κ2) is 30.3. The normalized spacial score (nSPS) is 7.65. The smallest absolute Gasteiger partial charge is 0.222 e. The van der Waals surface area contributed by atoms with Crippen molar-refractivity contribution in [3.05, 3.63) is 0 Å². The summed E-state index contributed by atoms with van der Waals surface area (Å²) in [4.78, 5) is 30.0. The highest BCUT2D eigenvalue weighted by molar-refractivity contribution is 5.32. The summed E-state index contributed by atoms with van der Waals surface area (Å²) in [5, 5.41) is 10.8. The molecule has 0 aliphatic rings. The molecule has 0 saturated heterocycles. The molecular weight excluding hydrogens is 258 g/mol. The van der Waals surface area contributed by atoms with E-state index in [9.17, 15) is 4.79 Å². The predicted molar refractivity (Wildman–Crippen MR) is 77.0 cm³/mol. The molecule has 6 heteroatoms. The van der Waals surface area contributed by atoms with Crippen molar-refractivity contribution in [3.63, 3.8) is 0 Å². The Balaban J connectivity index is -0.000000408. The van der Waals surface area contributed by atoms with E-state index in [2.05, 4.69) is 11.9 Å². The number of rotatable bonds is 10. The van der Waals surface area contributed by atoms with Gasteiger partial charge in [0, 0.05) is 0 Å². The van der Waals surface area contributed by atoms with Gasteiger partial charge in [0.15, 0.2) is 0 Å². The number of nitrogens with one attached hydrogen (secondary N) is 2. The molecule has 0 radical (unpaired) electrons. The minimum atomic E-state index is 0.666. The maximum Gasteiger partial charge on any atom is 0.234 e. The molecule has 0 aromatic heterocycles. The summed E-state index contributed by atoms with van der Waals surface area (Å²) in [6.07, 6.45) is 14.8. The third kappa shape index (κ3) is 44.3. The molecule has 114 valence electrons. The molecule has 0 fully saturated rings. The highest BCUT2D eigenvalue weighted by Gasteiger charge is 1.91. The largest absolute Gasteiger partial charge is 0.234 e. The zero-order valence-corrected chi connectivity index (χ0v) is 12.2. The van der Waals surface area contributed by atoms with Crippen molar-refractivity contribution in [2.45, 2.75) is 64.7 Å². The van der Waals surface area contributed by atoms with Gasteiger partial charge in [-0.2, -0.15) is 0 Å². The minimum absolute atomic E-state index is 0.666. The summed E-state index contributed by atoms with van der Waals surface area (Å²) in [6, 6.07) is 0. The third-order valence-corrected chi connectivity index (χ3v) is 2.44. The van der Waals surface area contributed by atoms with E-state index >= 15 is 0 Å². The molecule has 0 atom stereocenters. The molecule has 0 aliphatic heterocycles. The molecule has 0 aliphatic carbocycles. The Morgan fingerprint density at radius 3 is 1.45 bits per heavy atom. The Hall–Kier alpha value is -1.86. The van der Waals surface area contributed by atoms with Gasteiger partial charge in [-0.1, -0.05) is 58.3 Å². The fourth-order valence-corrected chi connectivity index (χ4v) is 1.55. The summed E-state index contributed by atoms with van der Waals surface area (Å²) >= 11 is 0. The van der Waals surface area contributed by atoms with Crippen molar-refractivity contribution in [3.8, 4) is 0 Å². The molecule has 20 heavy (non-hydrogen) atoms. The minimum Gasteiger partial charge on any atom is -0.222 e. The van der Waals surface area contributed by atoms with Gasteiger partial charge in [0.1, 0.15) is 0 Å². The van der Waals surface area contributed by atoms with Crippen LogP contribution in [0.4, 0.5) is 0 Å². The summed E-state index contributed by atoms with van der Waals surface area (Å²) in [7, 11) is 0. The van der Waals surface area contributed by atoms with Crippen molar-refractivity contribution in [1.82, 2.24) is 0 Å². The van der Waals surface area contributed by atoms with Crippen LogP contribution in [0.2, 0.25) is 0 Å². The van der Waals surface area contributed by atoms with Crippen molar-refractivity contribution in [2.75, 3.05) is 6.54 Å². The molecule has 0 aromatic rings. The zero-order chi connectivity index (χ0) is 15.9. The first-order chi connectivity index (χ1) is 9.74. The van der Waals surface area contributed by atoms with E-state index in [1.807, 2.05) is 0 Å². The molecule has 2 N–H and O–H groups in total. The van der Waals surface area contributed by atoms with Gasteiger partial charge in [0.05, 0.1) is 6.54 Å². The SMILES string of the molecule is CCCCCCCCCCCN=C=O.N=C=O.N=C=O. The van der Waals surface area contributed by atoms with E-state index in [4.69, 9.17) is 20.4 Å². The molecule has 0 rings (SSSR count). The van der Waals surface area contributed by atoms with Gasteiger partial charge in [-0.05, 0) is 6.42 Å². The fourth-order valence-electron chi connectivity index (χ4n) is 1.55. The average Bonchev–Trinajstić information content (AvgIpc) is 2.43. The first-order valence-electron chi connectivity index (χ1n) is 6.86. The monoisotopic (exact) mass is 283 g/mol. The van der Waals surface area contributed by atoms with Crippen LogP contribution in [0.25, 0.3) is 0 Å². The summed E-state index contributed by atoms with van der Waals surface area (Å²) in [5.41, 5.74) is 0. The van der Waals surface area contributed by atoms with Gasteiger partial charge < -0.3 is 0 Å². The lowest BCUT2D eigenvalue weighted by atomic mass is 10.1. The van der Waals surface area contributed by atoms with Gasteiger partial charge in [0.25, 0.3) is 0 Å². The highest BCUT2D eigenvalue weighted by Crippen LogP contribution is 2.09. The Bertz CT molecular complexity index is 276. The van der Waals surface area contributed by atoms with Crippen LogP contribution < -0.4 is 0 Å². The van der Waals surface area contributed by atoms with Crippen LogP contribution in [-0.2, 0) is 14.4 Å². The van der Waals surface area contributed by atoms with Crippen molar-refractivity contribution < 1.29 is 14.4 Å². The number of hydrogen-bond donors (Lipinski definition) is 2.